The minimum absolute atomic E-state index is 0.0433. The Hall–Kier alpha value is -2.86. The fraction of sp³-hybridized carbons (Fsp3) is 0.320. The highest BCUT2D eigenvalue weighted by molar-refractivity contribution is 6.30. The van der Waals surface area contributed by atoms with Gasteiger partial charge in [-0.1, -0.05) is 37.6 Å². The average Bonchev–Trinajstić information content (AvgIpc) is 2.68. The van der Waals surface area contributed by atoms with Crippen LogP contribution in [-0.2, 0) is 9.59 Å². The van der Waals surface area contributed by atoms with E-state index in [9.17, 15) is 18.4 Å². The number of hydrogen-bond donors (Lipinski definition) is 1. The van der Waals surface area contributed by atoms with Crippen LogP contribution in [0.15, 0.2) is 58.7 Å². The highest BCUT2D eigenvalue weighted by atomic mass is 35.5. The zero-order valence-corrected chi connectivity index (χ0v) is 18.8. The molecular weight excluding hydrogens is 434 g/mol. The molecule has 1 aliphatic carbocycles. The van der Waals surface area contributed by atoms with Crippen molar-refractivity contribution in [1.29, 1.82) is 0 Å². The standard InChI is InChI=1S/C25H23ClF2N2O2/c1-13-21(24(32)30-18-9-8-16(27)10-17(18)28)22(14-4-6-15(26)7-5-14)23-19(29-13)11-25(2,3)12-20(23)31/h4-10,21-22H,11-12H2,1-3H3,(H,30,32)/t21?,22-/m1/s1. The molecule has 7 heteroatoms. The fourth-order valence-electron chi connectivity index (χ4n) is 4.62. The maximum atomic E-state index is 14.2. The summed E-state index contributed by atoms with van der Waals surface area (Å²) in [6.45, 7) is 5.78. The molecule has 4 nitrogen and oxygen atoms in total. The van der Waals surface area contributed by atoms with E-state index >= 15 is 0 Å². The number of hydrogen-bond acceptors (Lipinski definition) is 3. The number of rotatable bonds is 3. The van der Waals surface area contributed by atoms with E-state index in [4.69, 9.17) is 11.6 Å². The van der Waals surface area contributed by atoms with Crippen LogP contribution in [0, 0.1) is 23.0 Å². The Kier molecular flexibility index (Phi) is 5.76. The summed E-state index contributed by atoms with van der Waals surface area (Å²) in [5.74, 6) is -3.57. The number of allylic oxidation sites excluding steroid dienone is 2. The molecule has 32 heavy (non-hydrogen) atoms. The van der Waals surface area contributed by atoms with Gasteiger partial charge in [-0.3, -0.25) is 14.6 Å². The molecule has 2 aromatic rings. The van der Waals surface area contributed by atoms with E-state index in [1.165, 1.54) is 6.07 Å². The van der Waals surface area contributed by atoms with Crippen LogP contribution in [0.25, 0.3) is 0 Å². The lowest BCUT2D eigenvalue weighted by Crippen LogP contribution is -2.41. The third-order valence-electron chi connectivity index (χ3n) is 6.00. The van der Waals surface area contributed by atoms with Gasteiger partial charge in [0, 0.05) is 40.4 Å². The third-order valence-corrected chi connectivity index (χ3v) is 6.25. The highest BCUT2D eigenvalue weighted by Crippen LogP contribution is 2.48. The van der Waals surface area contributed by atoms with E-state index in [1.54, 1.807) is 31.2 Å². The minimum atomic E-state index is -0.873. The number of nitrogens with zero attached hydrogens (tertiary/aromatic N) is 1. The monoisotopic (exact) mass is 456 g/mol. The molecular formula is C25H23ClF2N2O2. The first kappa shape index (κ1) is 22.3. The SMILES string of the molecule is CC1=NC2=C(C(=O)CC(C)(C)C2)[C@H](c2ccc(Cl)cc2)C1C(=O)Nc1ccc(F)cc1F. The van der Waals surface area contributed by atoms with Crippen LogP contribution in [0.2, 0.25) is 5.02 Å². The molecule has 2 aliphatic rings. The second-order valence-electron chi connectivity index (χ2n) is 9.17. The quantitative estimate of drug-likeness (QED) is 0.609. The van der Waals surface area contributed by atoms with Crippen molar-refractivity contribution in [1.82, 2.24) is 0 Å². The zero-order chi connectivity index (χ0) is 23.2. The summed E-state index contributed by atoms with van der Waals surface area (Å²) in [6.07, 6.45) is 0.974. The van der Waals surface area contributed by atoms with Gasteiger partial charge in [0.1, 0.15) is 11.6 Å². The van der Waals surface area contributed by atoms with Gasteiger partial charge in [-0.15, -0.1) is 0 Å². The molecule has 0 bridgehead atoms. The maximum Gasteiger partial charge on any atom is 0.234 e. The molecule has 166 valence electrons. The van der Waals surface area contributed by atoms with Crippen LogP contribution in [0.1, 0.15) is 45.1 Å². The van der Waals surface area contributed by atoms with Crippen molar-refractivity contribution < 1.29 is 18.4 Å². The zero-order valence-electron chi connectivity index (χ0n) is 18.0. The van der Waals surface area contributed by atoms with E-state index in [1.807, 2.05) is 13.8 Å². The van der Waals surface area contributed by atoms with Crippen molar-refractivity contribution in [3.63, 3.8) is 0 Å². The molecule has 0 fully saturated rings. The molecule has 1 N–H and O–H groups in total. The van der Waals surface area contributed by atoms with Crippen LogP contribution in [0.5, 0.6) is 0 Å². The number of carbonyl (C=O) groups excluding carboxylic acids is 2. The number of halogens is 3. The van der Waals surface area contributed by atoms with E-state index in [0.717, 1.165) is 11.6 Å². The Morgan fingerprint density at radius 3 is 2.47 bits per heavy atom. The summed E-state index contributed by atoms with van der Waals surface area (Å²) in [7, 11) is 0. The number of ketones is 1. The Bertz CT molecular complexity index is 1170. The summed E-state index contributed by atoms with van der Waals surface area (Å²) >= 11 is 6.06. The molecule has 0 saturated heterocycles. The number of carbonyl (C=O) groups is 2. The molecule has 1 amide bonds. The maximum absolute atomic E-state index is 14.2. The van der Waals surface area contributed by atoms with Crippen LogP contribution >= 0.6 is 11.6 Å². The van der Waals surface area contributed by atoms with Gasteiger partial charge in [-0.05, 0) is 48.6 Å². The molecule has 0 radical (unpaired) electrons. The van der Waals surface area contributed by atoms with Gasteiger partial charge in [0.15, 0.2) is 5.78 Å². The number of benzene rings is 2. The second kappa shape index (κ2) is 8.24. The summed E-state index contributed by atoms with van der Waals surface area (Å²) < 4.78 is 27.5. The first-order valence-electron chi connectivity index (χ1n) is 10.4. The van der Waals surface area contributed by atoms with Gasteiger partial charge in [0.25, 0.3) is 0 Å². The van der Waals surface area contributed by atoms with Gasteiger partial charge in [-0.2, -0.15) is 0 Å². The Labute approximate surface area is 190 Å². The molecule has 0 spiro atoms. The number of amides is 1. The average molecular weight is 457 g/mol. The summed E-state index contributed by atoms with van der Waals surface area (Å²) in [5.41, 5.74) is 2.15. The Morgan fingerprint density at radius 1 is 1.12 bits per heavy atom. The van der Waals surface area contributed by atoms with Crippen LogP contribution in [-0.4, -0.2) is 17.4 Å². The van der Waals surface area contributed by atoms with E-state index in [-0.39, 0.29) is 16.9 Å². The van der Waals surface area contributed by atoms with Gasteiger partial charge in [-0.25, -0.2) is 8.78 Å². The molecule has 0 aromatic heterocycles. The predicted octanol–water partition coefficient (Wildman–Crippen LogP) is 6.07. The van der Waals surface area contributed by atoms with Gasteiger partial charge in [0.2, 0.25) is 5.91 Å². The van der Waals surface area contributed by atoms with Crippen molar-refractivity contribution >= 4 is 34.7 Å². The topological polar surface area (TPSA) is 58.5 Å². The molecule has 2 atom stereocenters. The third kappa shape index (κ3) is 4.24. The van der Waals surface area contributed by atoms with E-state index in [2.05, 4.69) is 10.3 Å². The predicted molar refractivity (Wildman–Crippen MR) is 121 cm³/mol. The fourth-order valence-corrected chi connectivity index (χ4v) is 4.74. The van der Waals surface area contributed by atoms with E-state index in [0.29, 0.717) is 40.9 Å². The number of anilines is 1. The molecule has 1 heterocycles. The lowest BCUT2D eigenvalue weighted by Gasteiger charge is -2.39. The van der Waals surface area contributed by atoms with Crippen LogP contribution in [0.3, 0.4) is 0 Å². The molecule has 1 unspecified atom stereocenters. The first-order valence-corrected chi connectivity index (χ1v) is 10.8. The van der Waals surface area contributed by atoms with Gasteiger partial charge < -0.3 is 5.32 Å². The summed E-state index contributed by atoms with van der Waals surface area (Å²) in [5, 5.41) is 3.09. The lowest BCUT2D eigenvalue weighted by atomic mass is 9.66. The van der Waals surface area contributed by atoms with Crippen molar-refractivity contribution in [2.45, 2.75) is 39.5 Å². The number of aliphatic imine (C=N–C) groups is 1. The summed E-state index contributed by atoms with van der Waals surface area (Å²) in [6, 6.07) is 9.97. The first-order chi connectivity index (χ1) is 15.1. The minimum Gasteiger partial charge on any atom is -0.323 e. The van der Waals surface area contributed by atoms with E-state index < -0.39 is 29.4 Å². The molecule has 0 saturated carbocycles. The van der Waals surface area contributed by atoms with Crippen LogP contribution in [0.4, 0.5) is 14.5 Å². The number of Topliss-reactive ketones (excluding diaryl/α,β-unsaturated/α-hetero) is 1. The van der Waals surface area contributed by atoms with Crippen molar-refractivity contribution in [2.75, 3.05) is 5.32 Å². The smallest absolute Gasteiger partial charge is 0.234 e. The molecule has 1 aliphatic heterocycles. The lowest BCUT2D eigenvalue weighted by molar-refractivity contribution is -0.119. The van der Waals surface area contributed by atoms with Crippen molar-refractivity contribution in [2.24, 2.45) is 16.3 Å². The number of nitrogens with one attached hydrogen (secondary N) is 1. The second-order valence-corrected chi connectivity index (χ2v) is 9.61. The van der Waals surface area contributed by atoms with Gasteiger partial charge in [0.05, 0.1) is 11.6 Å². The van der Waals surface area contributed by atoms with Crippen molar-refractivity contribution in [3.8, 4) is 0 Å². The summed E-state index contributed by atoms with van der Waals surface area (Å²) in [4.78, 5) is 31.3. The van der Waals surface area contributed by atoms with Gasteiger partial charge >= 0.3 is 0 Å². The van der Waals surface area contributed by atoms with Crippen LogP contribution < -0.4 is 5.32 Å². The largest absolute Gasteiger partial charge is 0.323 e. The highest BCUT2D eigenvalue weighted by Gasteiger charge is 2.45. The molecule has 4 rings (SSSR count). The normalized spacial score (nSPS) is 22.3. The van der Waals surface area contributed by atoms with Crippen molar-refractivity contribution in [3.05, 3.63) is 76.0 Å². The Morgan fingerprint density at radius 2 is 1.81 bits per heavy atom. The molecule has 2 aromatic carbocycles. The Balaban J connectivity index is 1.79.